The minimum atomic E-state index is -1.97. The molecule has 0 aliphatic rings. The van der Waals surface area contributed by atoms with E-state index in [0.717, 1.165) is 3.57 Å². The Hall–Kier alpha value is -0.0500. The number of rotatable bonds is 0. The predicted molar refractivity (Wildman–Crippen MR) is 43.9 cm³/mol. The zero-order valence-electron chi connectivity index (χ0n) is 7.19. The summed E-state index contributed by atoms with van der Waals surface area (Å²) in [4.78, 5) is 0. The summed E-state index contributed by atoms with van der Waals surface area (Å²) in [5.74, 6) is 0. The van der Waals surface area contributed by atoms with E-state index in [4.69, 9.17) is 4.11 Å². The van der Waals surface area contributed by atoms with Crippen molar-refractivity contribution in [2.75, 3.05) is 0 Å². The van der Waals surface area contributed by atoms with E-state index in [-0.39, 0.29) is 0 Å². The maximum absolute atomic E-state index is 7.07. The van der Waals surface area contributed by atoms with Gasteiger partial charge in [0, 0.05) is 7.68 Å². The first-order valence-corrected chi connectivity index (χ1v) is 3.34. The Morgan fingerprint density at radius 2 is 2.00 bits per heavy atom. The van der Waals surface area contributed by atoms with Crippen molar-refractivity contribution in [2.24, 2.45) is 0 Å². The van der Waals surface area contributed by atoms with E-state index in [1.165, 1.54) is 0 Å². The van der Waals surface area contributed by atoms with Gasteiger partial charge in [-0.2, -0.15) is 0 Å². The summed E-state index contributed by atoms with van der Waals surface area (Å²) in [6.45, 7) is -1.97. The first kappa shape index (κ1) is 3.20. The fraction of sp³-hybridized carbons (Fsp3) is 0.143. The second kappa shape index (κ2) is 2.49. The van der Waals surface area contributed by atoms with Crippen molar-refractivity contribution in [2.45, 2.75) is 6.85 Å². The minimum absolute atomic E-state index is 0.401. The first-order valence-electron chi connectivity index (χ1n) is 3.76. The molecule has 1 aromatic carbocycles. The van der Waals surface area contributed by atoms with Crippen LogP contribution in [-0.2, 0) is 0 Å². The van der Waals surface area contributed by atoms with E-state index in [9.17, 15) is 0 Å². The Labute approximate surface area is 67.3 Å². The normalized spacial score (nSPS) is 16.4. The summed E-state index contributed by atoms with van der Waals surface area (Å²) in [6, 6.07) is 6.86. The van der Waals surface area contributed by atoms with Crippen LogP contribution in [0.25, 0.3) is 0 Å². The van der Waals surface area contributed by atoms with Gasteiger partial charge in [-0.1, -0.05) is 17.7 Å². The van der Waals surface area contributed by atoms with Crippen LogP contribution in [-0.4, -0.2) is 0 Å². The lowest BCUT2D eigenvalue weighted by atomic mass is 10.2. The highest BCUT2D eigenvalue weighted by molar-refractivity contribution is 14.1. The van der Waals surface area contributed by atoms with Crippen LogP contribution >= 0.6 is 22.6 Å². The highest BCUT2D eigenvalue weighted by atomic mass is 127. The van der Waals surface area contributed by atoms with E-state index < -0.39 is 6.85 Å². The van der Waals surface area contributed by atoms with E-state index in [0.29, 0.717) is 5.56 Å². The fourth-order valence-corrected chi connectivity index (χ4v) is 0.809. The zero-order valence-corrected chi connectivity index (χ0v) is 6.34. The zero-order chi connectivity index (χ0) is 8.48. The van der Waals surface area contributed by atoms with E-state index in [2.05, 4.69) is 22.6 Å². The molecule has 1 aromatic rings. The molecule has 0 atom stereocenters. The maximum atomic E-state index is 7.07. The summed E-state index contributed by atoms with van der Waals surface area (Å²) in [5.41, 5.74) is 0.401. The molecule has 0 bridgehead atoms. The maximum Gasteiger partial charge on any atom is 0.0280 e. The predicted octanol–water partition coefficient (Wildman–Crippen LogP) is 2.60. The Bertz CT molecular complexity index is 237. The number of hydrogen-bond donors (Lipinski definition) is 0. The van der Waals surface area contributed by atoms with Gasteiger partial charge in [0.25, 0.3) is 0 Å². The van der Waals surface area contributed by atoms with Crippen LogP contribution in [0.15, 0.2) is 24.3 Å². The van der Waals surface area contributed by atoms with E-state index in [1.54, 1.807) is 24.3 Å². The molecule has 0 aromatic heterocycles. The summed E-state index contributed by atoms with van der Waals surface area (Å²) < 4.78 is 22.3. The van der Waals surface area contributed by atoms with Gasteiger partial charge >= 0.3 is 0 Å². The molecule has 0 N–H and O–H groups in total. The molecule has 0 fully saturated rings. The van der Waals surface area contributed by atoms with Crippen LogP contribution in [0.2, 0.25) is 0 Å². The monoisotopic (exact) mass is 221 g/mol. The van der Waals surface area contributed by atoms with Gasteiger partial charge in [-0.3, -0.25) is 0 Å². The van der Waals surface area contributed by atoms with Gasteiger partial charge in [-0.05, 0) is 41.6 Å². The lowest BCUT2D eigenvalue weighted by Crippen LogP contribution is -1.69. The highest BCUT2D eigenvalue weighted by Crippen LogP contribution is 2.04. The molecule has 0 aliphatic heterocycles. The van der Waals surface area contributed by atoms with E-state index in [1.807, 2.05) is 0 Å². The van der Waals surface area contributed by atoms with Crippen molar-refractivity contribution in [3.63, 3.8) is 0 Å². The third-order valence-electron chi connectivity index (χ3n) is 0.844. The molecule has 0 spiro atoms. The van der Waals surface area contributed by atoms with Gasteiger partial charge < -0.3 is 0 Å². The Morgan fingerprint density at radius 3 is 2.50 bits per heavy atom. The van der Waals surface area contributed by atoms with Crippen LogP contribution in [0.5, 0.6) is 0 Å². The first-order chi connectivity index (χ1) is 5.00. The van der Waals surface area contributed by atoms with Crippen LogP contribution in [0.4, 0.5) is 0 Å². The second-order valence-electron chi connectivity index (χ2n) is 1.51. The summed E-state index contributed by atoms with van der Waals surface area (Å²) in [5, 5.41) is 0. The van der Waals surface area contributed by atoms with Crippen molar-refractivity contribution in [1.29, 1.82) is 0 Å². The SMILES string of the molecule is [2H]C([2H])([2H])c1ccc(I)cc1. The largest absolute Gasteiger partial charge is 0.0583 e. The lowest BCUT2D eigenvalue weighted by molar-refractivity contribution is 1.46. The third kappa shape index (κ3) is 1.47. The van der Waals surface area contributed by atoms with Crippen molar-refractivity contribution in [3.05, 3.63) is 33.4 Å². The number of halogens is 1. The molecule has 0 saturated heterocycles. The topological polar surface area (TPSA) is 0 Å². The van der Waals surface area contributed by atoms with Gasteiger partial charge in [-0.15, -0.1) is 0 Å². The van der Waals surface area contributed by atoms with Gasteiger partial charge in [-0.25, -0.2) is 0 Å². The Kier molecular flexibility index (Phi) is 0.995. The van der Waals surface area contributed by atoms with Crippen LogP contribution in [0.3, 0.4) is 0 Å². The minimum Gasteiger partial charge on any atom is -0.0583 e. The van der Waals surface area contributed by atoms with Crippen molar-refractivity contribution < 1.29 is 4.11 Å². The van der Waals surface area contributed by atoms with Gasteiger partial charge in [0.05, 0.1) is 0 Å². The second-order valence-corrected chi connectivity index (χ2v) is 2.75. The Balaban J connectivity index is 2.99. The van der Waals surface area contributed by atoms with E-state index >= 15 is 0 Å². The molecule has 42 valence electrons. The van der Waals surface area contributed by atoms with Crippen LogP contribution < -0.4 is 0 Å². The lowest BCUT2D eigenvalue weighted by Gasteiger charge is -1.88. The Morgan fingerprint density at radius 1 is 1.38 bits per heavy atom. The molecular formula is C7H7I. The standard InChI is InChI=1S/C7H7I/c1-6-2-4-7(8)5-3-6/h2-5H,1H3/i1D3. The molecule has 0 heterocycles. The summed E-state index contributed by atoms with van der Waals surface area (Å²) in [6.07, 6.45) is 0. The molecule has 8 heavy (non-hydrogen) atoms. The molecule has 0 nitrogen and oxygen atoms in total. The summed E-state index contributed by atoms with van der Waals surface area (Å²) in [7, 11) is 0. The molecular weight excluding hydrogens is 211 g/mol. The molecule has 0 radical (unpaired) electrons. The number of hydrogen-bond acceptors (Lipinski definition) is 0. The molecule has 0 amide bonds. The van der Waals surface area contributed by atoms with Crippen molar-refractivity contribution >= 4 is 22.6 Å². The van der Waals surface area contributed by atoms with Crippen LogP contribution in [0.1, 0.15) is 9.68 Å². The molecule has 1 heteroatoms. The highest BCUT2D eigenvalue weighted by Gasteiger charge is 1.81. The summed E-state index contributed by atoms with van der Waals surface area (Å²) >= 11 is 2.14. The quantitative estimate of drug-likeness (QED) is 0.590. The molecule has 0 aliphatic carbocycles. The average Bonchev–Trinajstić information content (AvgIpc) is 1.86. The van der Waals surface area contributed by atoms with Gasteiger partial charge in [0.2, 0.25) is 0 Å². The molecule has 1 rings (SSSR count). The smallest absolute Gasteiger partial charge is 0.0280 e. The van der Waals surface area contributed by atoms with Crippen molar-refractivity contribution in [1.82, 2.24) is 0 Å². The fourth-order valence-electron chi connectivity index (χ4n) is 0.450. The third-order valence-corrected chi connectivity index (χ3v) is 1.56. The molecule has 0 saturated carbocycles. The van der Waals surface area contributed by atoms with Gasteiger partial charge in [0.1, 0.15) is 0 Å². The molecule has 0 unspecified atom stereocenters. The van der Waals surface area contributed by atoms with Crippen molar-refractivity contribution in [3.8, 4) is 0 Å². The van der Waals surface area contributed by atoms with Gasteiger partial charge in [0.15, 0.2) is 0 Å². The van der Waals surface area contributed by atoms with Crippen LogP contribution in [0, 0.1) is 10.4 Å². The average molecular weight is 221 g/mol. The number of aryl methyl sites for hydroxylation is 1. The number of benzene rings is 1.